The zero-order chi connectivity index (χ0) is 17.2. The maximum Gasteiger partial charge on any atom is 0.230 e. The summed E-state index contributed by atoms with van der Waals surface area (Å²) in [6.45, 7) is 2.00. The number of hydrogen-bond acceptors (Lipinski definition) is 5. The van der Waals surface area contributed by atoms with Crippen molar-refractivity contribution in [1.82, 2.24) is 25.5 Å². The highest BCUT2D eigenvalue weighted by Gasteiger charge is 2.28. The summed E-state index contributed by atoms with van der Waals surface area (Å²) in [5.41, 5.74) is 1.10. The Labute approximate surface area is 150 Å². The molecule has 25 heavy (non-hydrogen) atoms. The summed E-state index contributed by atoms with van der Waals surface area (Å²) in [6, 6.07) is 14.9. The molecule has 0 bridgehead atoms. The number of benzene rings is 2. The first-order chi connectivity index (χ1) is 12.2. The highest BCUT2D eigenvalue weighted by Crippen LogP contribution is 2.36. The zero-order valence-electron chi connectivity index (χ0n) is 13.9. The number of hydrogen-bond donors (Lipinski definition) is 1. The molecule has 4 rings (SSSR count). The zero-order valence-corrected chi connectivity index (χ0v) is 14.7. The lowest BCUT2D eigenvalue weighted by molar-refractivity contribution is -0.119. The van der Waals surface area contributed by atoms with Crippen LogP contribution in [-0.4, -0.2) is 31.9 Å². The van der Waals surface area contributed by atoms with Crippen LogP contribution in [0.2, 0.25) is 0 Å². The second kappa shape index (κ2) is 6.84. The molecule has 1 saturated carbocycles. The van der Waals surface area contributed by atoms with Gasteiger partial charge in [0, 0.05) is 0 Å². The van der Waals surface area contributed by atoms with E-state index in [4.69, 9.17) is 0 Å². The van der Waals surface area contributed by atoms with Gasteiger partial charge in [0.1, 0.15) is 0 Å². The second-order valence-electron chi connectivity index (χ2n) is 6.32. The van der Waals surface area contributed by atoms with Crippen LogP contribution in [0.25, 0.3) is 10.8 Å². The number of thioether (sulfide) groups is 1. The number of nitrogens with one attached hydrogen (secondary N) is 1. The van der Waals surface area contributed by atoms with Crippen LogP contribution in [0, 0.1) is 0 Å². The van der Waals surface area contributed by atoms with Crippen LogP contribution in [0.1, 0.15) is 37.4 Å². The molecule has 7 heteroatoms. The Bertz CT molecular complexity index is 905. The molecule has 0 radical (unpaired) electrons. The van der Waals surface area contributed by atoms with Crippen LogP contribution in [0.15, 0.2) is 47.6 Å². The summed E-state index contributed by atoms with van der Waals surface area (Å²) in [5, 5.41) is 17.9. The molecule has 1 atom stereocenters. The highest BCUT2D eigenvalue weighted by molar-refractivity contribution is 7.99. The van der Waals surface area contributed by atoms with Gasteiger partial charge in [-0.05, 0) is 52.6 Å². The molecule has 1 N–H and O–H groups in total. The van der Waals surface area contributed by atoms with Gasteiger partial charge in [-0.1, -0.05) is 48.2 Å². The summed E-state index contributed by atoms with van der Waals surface area (Å²) in [6.07, 6.45) is 2.23. The normalized spacial score (nSPS) is 15.2. The number of amides is 1. The van der Waals surface area contributed by atoms with Crippen molar-refractivity contribution < 1.29 is 4.79 Å². The number of carbonyl (C=O) groups excluding carboxylic acids is 1. The number of aromatic nitrogens is 4. The number of carbonyl (C=O) groups is 1. The van der Waals surface area contributed by atoms with Crippen LogP contribution in [0.3, 0.4) is 0 Å². The van der Waals surface area contributed by atoms with E-state index in [-0.39, 0.29) is 11.9 Å². The Hall–Kier alpha value is -2.41. The smallest absolute Gasteiger partial charge is 0.230 e. The lowest BCUT2D eigenvalue weighted by atomic mass is 10.0. The van der Waals surface area contributed by atoms with E-state index in [1.54, 1.807) is 0 Å². The molecule has 128 valence electrons. The molecule has 0 aliphatic heterocycles. The van der Waals surface area contributed by atoms with Gasteiger partial charge in [-0.15, -0.1) is 5.10 Å². The highest BCUT2D eigenvalue weighted by atomic mass is 32.2. The molecular formula is C18H19N5OS. The standard InChI is InChI=1S/C18H19N5OS/c1-12(14-7-6-13-4-2-3-5-15(13)10-14)19-17(24)11-25-18-20-21-22-23(18)16-8-9-16/h2-7,10,12,16H,8-9,11H2,1H3,(H,19,24)/t12-/m0/s1. The van der Waals surface area contributed by atoms with E-state index >= 15 is 0 Å². The van der Waals surface area contributed by atoms with Crippen molar-refractivity contribution in [3.63, 3.8) is 0 Å². The van der Waals surface area contributed by atoms with Crippen LogP contribution in [-0.2, 0) is 4.79 Å². The lowest BCUT2D eigenvalue weighted by Crippen LogP contribution is -2.28. The minimum absolute atomic E-state index is 0.0176. The lowest BCUT2D eigenvalue weighted by Gasteiger charge is -2.15. The average Bonchev–Trinajstić information content (AvgIpc) is 3.37. The van der Waals surface area contributed by atoms with Gasteiger partial charge in [0.15, 0.2) is 0 Å². The predicted octanol–water partition coefficient (Wildman–Crippen LogP) is 3.13. The van der Waals surface area contributed by atoms with Crippen molar-refractivity contribution in [2.45, 2.75) is 37.0 Å². The Balaban J connectivity index is 1.36. The molecule has 1 aromatic heterocycles. The minimum Gasteiger partial charge on any atom is -0.349 e. The Morgan fingerprint density at radius 2 is 2.08 bits per heavy atom. The quantitative estimate of drug-likeness (QED) is 0.689. The molecule has 3 aromatic rings. The molecule has 1 fully saturated rings. The first-order valence-electron chi connectivity index (χ1n) is 8.39. The third-order valence-electron chi connectivity index (χ3n) is 4.34. The van der Waals surface area contributed by atoms with E-state index in [0.717, 1.165) is 23.6 Å². The SMILES string of the molecule is C[C@H](NC(=O)CSc1nnnn1C1CC1)c1ccc2ccccc2c1. The average molecular weight is 353 g/mol. The molecule has 0 unspecified atom stereocenters. The predicted molar refractivity (Wildman–Crippen MR) is 97.3 cm³/mol. The van der Waals surface area contributed by atoms with E-state index in [0.29, 0.717) is 11.8 Å². The van der Waals surface area contributed by atoms with Gasteiger partial charge in [-0.2, -0.15) is 0 Å². The molecule has 0 spiro atoms. The van der Waals surface area contributed by atoms with E-state index < -0.39 is 0 Å². The van der Waals surface area contributed by atoms with Crippen molar-refractivity contribution in [3.8, 4) is 0 Å². The van der Waals surface area contributed by atoms with Gasteiger partial charge in [0.25, 0.3) is 0 Å². The van der Waals surface area contributed by atoms with Crippen molar-refractivity contribution in [2.75, 3.05) is 5.75 Å². The molecular weight excluding hydrogens is 334 g/mol. The molecule has 6 nitrogen and oxygen atoms in total. The number of tetrazole rings is 1. The first kappa shape index (κ1) is 16.1. The Morgan fingerprint density at radius 3 is 2.88 bits per heavy atom. The topological polar surface area (TPSA) is 72.7 Å². The summed E-state index contributed by atoms with van der Waals surface area (Å²) < 4.78 is 1.82. The summed E-state index contributed by atoms with van der Waals surface area (Å²) in [7, 11) is 0. The number of nitrogens with zero attached hydrogens (tertiary/aromatic N) is 4. The molecule has 2 aromatic carbocycles. The first-order valence-corrected chi connectivity index (χ1v) is 9.38. The molecule has 0 saturated heterocycles. The maximum absolute atomic E-state index is 12.3. The number of rotatable bonds is 6. The summed E-state index contributed by atoms with van der Waals surface area (Å²) >= 11 is 1.38. The van der Waals surface area contributed by atoms with Crippen LogP contribution in [0.5, 0.6) is 0 Å². The van der Waals surface area contributed by atoms with E-state index in [1.807, 2.05) is 23.7 Å². The fourth-order valence-electron chi connectivity index (χ4n) is 2.80. The van der Waals surface area contributed by atoms with Gasteiger partial charge >= 0.3 is 0 Å². The van der Waals surface area contributed by atoms with Crippen LogP contribution >= 0.6 is 11.8 Å². The van der Waals surface area contributed by atoms with E-state index in [2.05, 4.69) is 51.2 Å². The van der Waals surface area contributed by atoms with Gasteiger partial charge < -0.3 is 5.32 Å². The minimum atomic E-state index is -0.0443. The van der Waals surface area contributed by atoms with Crippen molar-refractivity contribution in [1.29, 1.82) is 0 Å². The monoisotopic (exact) mass is 353 g/mol. The Kier molecular flexibility index (Phi) is 4.40. The third-order valence-corrected chi connectivity index (χ3v) is 5.27. The maximum atomic E-state index is 12.3. The molecule has 1 aliphatic carbocycles. The van der Waals surface area contributed by atoms with Gasteiger partial charge in [0.2, 0.25) is 11.1 Å². The van der Waals surface area contributed by atoms with Crippen molar-refractivity contribution in [2.24, 2.45) is 0 Å². The Morgan fingerprint density at radius 1 is 1.28 bits per heavy atom. The van der Waals surface area contributed by atoms with E-state index in [9.17, 15) is 4.79 Å². The fraction of sp³-hybridized carbons (Fsp3) is 0.333. The van der Waals surface area contributed by atoms with Crippen LogP contribution in [0.4, 0.5) is 0 Å². The van der Waals surface area contributed by atoms with Crippen molar-refractivity contribution in [3.05, 3.63) is 48.0 Å². The fourth-order valence-corrected chi connectivity index (χ4v) is 3.56. The van der Waals surface area contributed by atoms with Gasteiger partial charge in [0.05, 0.1) is 17.8 Å². The third kappa shape index (κ3) is 3.66. The molecule has 1 aliphatic rings. The van der Waals surface area contributed by atoms with Gasteiger partial charge in [-0.25, -0.2) is 4.68 Å². The second-order valence-corrected chi connectivity index (χ2v) is 7.26. The molecule has 1 amide bonds. The number of fused-ring (bicyclic) bond motifs is 1. The largest absolute Gasteiger partial charge is 0.349 e. The van der Waals surface area contributed by atoms with Crippen LogP contribution < -0.4 is 5.32 Å². The molecule has 1 heterocycles. The van der Waals surface area contributed by atoms with Gasteiger partial charge in [-0.3, -0.25) is 4.79 Å². The van der Waals surface area contributed by atoms with Crippen molar-refractivity contribution >= 4 is 28.4 Å². The summed E-state index contributed by atoms with van der Waals surface area (Å²) in [4.78, 5) is 12.3. The summed E-state index contributed by atoms with van der Waals surface area (Å²) in [5.74, 6) is 0.293. The van der Waals surface area contributed by atoms with E-state index in [1.165, 1.54) is 22.5 Å².